The van der Waals surface area contributed by atoms with Gasteiger partial charge in [0.05, 0.1) is 18.4 Å². The minimum Gasteiger partial charge on any atom is -0.467 e. The Morgan fingerprint density at radius 2 is 2.44 bits per heavy atom. The molecule has 0 saturated heterocycles. The predicted octanol–water partition coefficient (Wildman–Crippen LogP) is 0.155. The fraction of sp³-hybridized carbons (Fsp3) is 0.111. The quantitative estimate of drug-likeness (QED) is 0.453. The van der Waals surface area contributed by atoms with E-state index >= 15 is 0 Å². The number of nitrogens with zero attached hydrogens (tertiary/aromatic N) is 1. The molecule has 2 heterocycles. The van der Waals surface area contributed by atoms with Crippen LogP contribution in [-0.2, 0) is 6.54 Å². The van der Waals surface area contributed by atoms with Crippen molar-refractivity contribution in [2.75, 3.05) is 0 Å². The van der Waals surface area contributed by atoms with Crippen LogP contribution in [0.25, 0.3) is 0 Å². The lowest BCUT2D eigenvalue weighted by Crippen LogP contribution is -2.30. The summed E-state index contributed by atoms with van der Waals surface area (Å²) in [6, 6.07) is 1.51. The zero-order chi connectivity index (χ0) is 11.5. The standard InChI is InChI=1S/C9H9N3O3S/c10-11-8(13)6-1-3-15-7(6)5-12-2-4-16-9(12)14/h1-4H,5,10H2,(H,11,13). The van der Waals surface area contributed by atoms with Crippen LogP contribution in [0.3, 0.4) is 0 Å². The molecule has 7 heteroatoms. The smallest absolute Gasteiger partial charge is 0.307 e. The van der Waals surface area contributed by atoms with Gasteiger partial charge in [-0.1, -0.05) is 11.3 Å². The van der Waals surface area contributed by atoms with Crippen LogP contribution in [-0.4, -0.2) is 10.5 Å². The molecule has 0 fully saturated rings. The maximum atomic E-state index is 11.3. The first-order chi connectivity index (χ1) is 7.72. The first-order valence-corrected chi connectivity index (χ1v) is 5.31. The molecule has 16 heavy (non-hydrogen) atoms. The van der Waals surface area contributed by atoms with Gasteiger partial charge in [-0.3, -0.25) is 19.6 Å². The third kappa shape index (κ3) is 1.90. The van der Waals surface area contributed by atoms with Gasteiger partial charge in [-0.2, -0.15) is 0 Å². The van der Waals surface area contributed by atoms with Gasteiger partial charge >= 0.3 is 4.87 Å². The van der Waals surface area contributed by atoms with Gasteiger partial charge in [0.1, 0.15) is 5.76 Å². The summed E-state index contributed by atoms with van der Waals surface area (Å²) in [5.74, 6) is 5.00. The van der Waals surface area contributed by atoms with Crippen molar-refractivity contribution >= 4 is 17.2 Å². The number of hydrogen-bond acceptors (Lipinski definition) is 5. The topological polar surface area (TPSA) is 90.3 Å². The molecular formula is C9H9N3O3S. The normalized spacial score (nSPS) is 10.3. The van der Waals surface area contributed by atoms with E-state index in [0.717, 1.165) is 11.3 Å². The molecule has 0 bridgehead atoms. The van der Waals surface area contributed by atoms with E-state index < -0.39 is 5.91 Å². The van der Waals surface area contributed by atoms with Gasteiger partial charge in [0, 0.05) is 11.6 Å². The summed E-state index contributed by atoms with van der Waals surface area (Å²) in [6.07, 6.45) is 3.02. The maximum Gasteiger partial charge on any atom is 0.307 e. The van der Waals surface area contributed by atoms with Crippen LogP contribution >= 0.6 is 11.3 Å². The van der Waals surface area contributed by atoms with Gasteiger partial charge in [-0.15, -0.1) is 0 Å². The average molecular weight is 239 g/mol. The number of hydrogen-bond donors (Lipinski definition) is 2. The van der Waals surface area contributed by atoms with Crippen LogP contribution < -0.4 is 16.1 Å². The molecule has 0 aliphatic rings. The molecule has 0 aliphatic carbocycles. The highest BCUT2D eigenvalue weighted by molar-refractivity contribution is 7.07. The Hall–Kier alpha value is -1.86. The summed E-state index contributed by atoms with van der Waals surface area (Å²) in [5, 5.41) is 1.67. The highest BCUT2D eigenvalue weighted by atomic mass is 32.1. The second-order valence-corrected chi connectivity index (χ2v) is 3.88. The van der Waals surface area contributed by atoms with Crippen LogP contribution in [0.4, 0.5) is 0 Å². The number of furan rings is 1. The minimum atomic E-state index is -0.438. The number of rotatable bonds is 3. The average Bonchev–Trinajstić information content (AvgIpc) is 2.88. The molecule has 6 nitrogen and oxygen atoms in total. The molecule has 2 aromatic heterocycles. The van der Waals surface area contributed by atoms with Crippen LogP contribution in [0.5, 0.6) is 0 Å². The Kier molecular flexibility index (Phi) is 2.88. The van der Waals surface area contributed by atoms with Gasteiger partial charge in [0.2, 0.25) is 0 Å². The Balaban J connectivity index is 2.29. The molecule has 0 unspecified atom stereocenters. The number of amides is 1. The number of carbonyl (C=O) groups is 1. The highest BCUT2D eigenvalue weighted by Gasteiger charge is 2.14. The Morgan fingerprint density at radius 3 is 3.06 bits per heavy atom. The summed E-state index contributed by atoms with van der Waals surface area (Å²) < 4.78 is 6.60. The number of nitrogen functional groups attached to an aromatic ring is 1. The third-order valence-corrected chi connectivity index (χ3v) is 2.77. The van der Waals surface area contributed by atoms with Crippen LogP contribution in [0.2, 0.25) is 0 Å². The number of carbonyl (C=O) groups excluding carboxylic acids is 1. The summed E-state index contributed by atoms with van der Waals surface area (Å²) in [5.41, 5.74) is 2.35. The number of nitrogens with two attached hydrogens (primary N) is 1. The molecular weight excluding hydrogens is 230 g/mol. The van der Waals surface area contributed by atoms with Gasteiger partial charge in [0.25, 0.3) is 5.91 Å². The number of hydrazine groups is 1. The first-order valence-electron chi connectivity index (χ1n) is 4.43. The second-order valence-electron chi connectivity index (χ2n) is 3.03. The summed E-state index contributed by atoms with van der Waals surface area (Å²) >= 11 is 1.09. The lowest BCUT2D eigenvalue weighted by atomic mass is 10.2. The van der Waals surface area contributed by atoms with Crippen molar-refractivity contribution < 1.29 is 9.21 Å². The molecule has 0 radical (unpaired) electrons. The van der Waals surface area contributed by atoms with Crippen LogP contribution in [0.1, 0.15) is 16.1 Å². The molecule has 0 spiro atoms. The zero-order valence-electron chi connectivity index (χ0n) is 8.17. The first kappa shape index (κ1) is 10.7. The van der Waals surface area contributed by atoms with Gasteiger partial charge in [0.15, 0.2) is 0 Å². The second kappa shape index (κ2) is 4.33. The molecule has 2 aromatic rings. The fourth-order valence-corrected chi connectivity index (χ4v) is 1.89. The fourth-order valence-electron chi connectivity index (χ4n) is 1.31. The van der Waals surface area contributed by atoms with E-state index in [9.17, 15) is 9.59 Å². The molecule has 0 aromatic carbocycles. The maximum absolute atomic E-state index is 11.3. The van der Waals surface area contributed by atoms with Crippen molar-refractivity contribution in [2.24, 2.45) is 5.84 Å². The number of thiazole rings is 1. The van der Waals surface area contributed by atoms with Crippen LogP contribution in [0.15, 0.2) is 33.1 Å². The molecule has 0 saturated carbocycles. The molecule has 84 valence electrons. The van der Waals surface area contributed by atoms with E-state index in [2.05, 4.69) is 0 Å². The summed E-state index contributed by atoms with van der Waals surface area (Å²) in [6.45, 7) is 0.220. The van der Waals surface area contributed by atoms with Crippen molar-refractivity contribution in [3.63, 3.8) is 0 Å². The summed E-state index contributed by atoms with van der Waals surface area (Å²) in [4.78, 5) is 22.5. The molecule has 3 N–H and O–H groups in total. The summed E-state index contributed by atoms with van der Waals surface area (Å²) in [7, 11) is 0. The minimum absolute atomic E-state index is 0.101. The molecule has 0 atom stereocenters. The van der Waals surface area contributed by atoms with E-state index in [1.165, 1.54) is 16.9 Å². The van der Waals surface area contributed by atoms with E-state index in [0.29, 0.717) is 11.3 Å². The van der Waals surface area contributed by atoms with Crippen LogP contribution in [0, 0.1) is 0 Å². The largest absolute Gasteiger partial charge is 0.467 e. The van der Waals surface area contributed by atoms with Gasteiger partial charge in [-0.05, 0) is 6.07 Å². The molecule has 2 rings (SSSR count). The monoisotopic (exact) mass is 239 g/mol. The molecule has 1 amide bonds. The highest BCUT2D eigenvalue weighted by Crippen LogP contribution is 2.11. The predicted molar refractivity (Wildman–Crippen MR) is 58.0 cm³/mol. The van der Waals surface area contributed by atoms with Crippen molar-refractivity contribution in [1.29, 1.82) is 0 Å². The third-order valence-electron chi connectivity index (χ3n) is 2.08. The Morgan fingerprint density at radius 1 is 1.62 bits per heavy atom. The van der Waals surface area contributed by atoms with E-state index in [1.54, 1.807) is 11.6 Å². The SMILES string of the molecule is NNC(=O)c1ccoc1Cn1ccsc1=O. The number of aromatic nitrogens is 1. The van der Waals surface area contributed by atoms with Crippen molar-refractivity contribution in [3.05, 3.63) is 44.9 Å². The lowest BCUT2D eigenvalue weighted by molar-refractivity contribution is 0.0951. The van der Waals surface area contributed by atoms with Gasteiger partial charge < -0.3 is 4.42 Å². The van der Waals surface area contributed by atoms with Crippen molar-refractivity contribution in [2.45, 2.75) is 6.54 Å². The van der Waals surface area contributed by atoms with E-state index in [4.69, 9.17) is 10.3 Å². The zero-order valence-corrected chi connectivity index (χ0v) is 8.99. The lowest BCUT2D eigenvalue weighted by Gasteiger charge is -2.01. The number of nitrogens with one attached hydrogen (secondary N) is 1. The van der Waals surface area contributed by atoms with E-state index in [1.807, 2.05) is 5.43 Å². The van der Waals surface area contributed by atoms with Crippen molar-refractivity contribution in [1.82, 2.24) is 9.99 Å². The van der Waals surface area contributed by atoms with Gasteiger partial charge in [-0.25, -0.2) is 5.84 Å². The Labute approximate surface area is 94.3 Å². The van der Waals surface area contributed by atoms with E-state index in [-0.39, 0.29) is 11.4 Å². The molecule has 0 aliphatic heterocycles. The van der Waals surface area contributed by atoms with Crippen molar-refractivity contribution in [3.8, 4) is 0 Å². The Bertz CT molecular complexity index is 554.